The Kier molecular flexibility index (Phi) is 4.17. The largest absolute Gasteiger partial charge is 0.356 e. The summed E-state index contributed by atoms with van der Waals surface area (Å²) in [6, 6.07) is 11.6. The highest BCUT2D eigenvalue weighted by molar-refractivity contribution is 7.89. The number of rotatable bonds is 3. The van der Waals surface area contributed by atoms with Gasteiger partial charge < -0.3 is 10.2 Å². The third kappa shape index (κ3) is 2.86. The standard InChI is InChI=1S/C18H18ClN3O3S/c1-11-13(19)5-4-8-17(11)26(24,25)21-12-9-16-18(23)20-14-6-2-3-7-15(14)22(16)10-12/h2-8,12,16,21H,9-10H2,1H3,(H,20,23)/t12-,16+/m0/s1. The number of nitrogens with zero attached hydrogens (tertiary/aromatic N) is 1. The molecule has 136 valence electrons. The highest BCUT2D eigenvalue weighted by Gasteiger charge is 2.42. The molecule has 1 amide bonds. The summed E-state index contributed by atoms with van der Waals surface area (Å²) < 4.78 is 28.3. The molecule has 0 aromatic heterocycles. The van der Waals surface area contributed by atoms with Crippen molar-refractivity contribution in [2.45, 2.75) is 30.3 Å². The van der Waals surface area contributed by atoms with E-state index in [9.17, 15) is 13.2 Å². The van der Waals surface area contributed by atoms with Crippen LogP contribution in [0.15, 0.2) is 47.4 Å². The van der Waals surface area contributed by atoms with E-state index in [1.165, 1.54) is 6.07 Å². The number of para-hydroxylation sites is 2. The van der Waals surface area contributed by atoms with Gasteiger partial charge in [-0.1, -0.05) is 29.8 Å². The van der Waals surface area contributed by atoms with E-state index in [1.54, 1.807) is 19.1 Å². The second-order valence-electron chi connectivity index (χ2n) is 6.59. The molecular formula is C18H18ClN3O3S. The maximum atomic E-state index is 12.8. The molecule has 2 aliphatic heterocycles. The fourth-order valence-electron chi connectivity index (χ4n) is 3.64. The van der Waals surface area contributed by atoms with Crippen LogP contribution < -0.4 is 14.9 Å². The van der Waals surface area contributed by atoms with Gasteiger partial charge in [0.05, 0.1) is 16.3 Å². The minimum atomic E-state index is -3.73. The van der Waals surface area contributed by atoms with Crippen LogP contribution in [0, 0.1) is 6.92 Å². The Morgan fingerprint density at radius 3 is 2.77 bits per heavy atom. The molecule has 2 aromatic rings. The van der Waals surface area contributed by atoms with E-state index in [0.717, 1.165) is 11.4 Å². The highest BCUT2D eigenvalue weighted by atomic mass is 35.5. The molecular weight excluding hydrogens is 374 g/mol. The first-order valence-electron chi connectivity index (χ1n) is 8.31. The topological polar surface area (TPSA) is 78.5 Å². The van der Waals surface area contributed by atoms with Gasteiger partial charge in [-0.2, -0.15) is 0 Å². The summed E-state index contributed by atoms with van der Waals surface area (Å²) in [6.45, 7) is 2.12. The third-order valence-corrected chi connectivity index (χ3v) is 6.98. The van der Waals surface area contributed by atoms with Crippen LogP contribution in [0.1, 0.15) is 12.0 Å². The van der Waals surface area contributed by atoms with Gasteiger partial charge in [-0.05, 0) is 43.2 Å². The molecule has 2 atom stereocenters. The van der Waals surface area contributed by atoms with Crippen molar-refractivity contribution in [2.24, 2.45) is 0 Å². The molecule has 6 nitrogen and oxygen atoms in total. The number of carbonyl (C=O) groups is 1. The van der Waals surface area contributed by atoms with Crippen LogP contribution in [0.2, 0.25) is 5.02 Å². The maximum Gasteiger partial charge on any atom is 0.247 e. The molecule has 0 radical (unpaired) electrons. The van der Waals surface area contributed by atoms with E-state index in [0.29, 0.717) is 23.6 Å². The van der Waals surface area contributed by atoms with Gasteiger partial charge in [-0.3, -0.25) is 4.79 Å². The van der Waals surface area contributed by atoms with Crippen LogP contribution in [0.5, 0.6) is 0 Å². The molecule has 2 heterocycles. The number of hydrogen-bond acceptors (Lipinski definition) is 4. The van der Waals surface area contributed by atoms with Crippen molar-refractivity contribution in [2.75, 3.05) is 16.8 Å². The van der Waals surface area contributed by atoms with Crippen LogP contribution in [0.4, 0.5) is 11.4 Å². The normalized spacial score (nSPS) is 21.9. The van der Waals surface area contributed by atoms with Gasteiger partial charge in [-0.25, -0.2) is 13.1 Å². The van der Waals surface area contributed by atoms with E-state index in [2.05, 4.69) is 10.0 Å². The predicted octanol–water partition coefficient (Wildman–Crippen LogP) is 2.53. The zero-order valence-corrected chi connectivity index (χ0v) is 15.6. The summed E-state index contributed by atoms with van der Waals surface area (Å²) in [7, 11) is -3.73. The van der Waals surface area contributed by atoms with Crippen LogP contribution in [-0.4, -0.2) is 33.0 Å². The average molecular weight is 392 g/mol. The Morgan fingerprint density at radius 2 is 1.96 bits per heavy atom. The van der Waals surface area contributed by atoms with E-state index in [1.807, 2.05) is 29.2 Å². The van der Waals surface area contributed by atoms with E-state index in [-0.39, 0.29) is 22.9 Å². The van der Waals surface area contributed by atoms with Gasteiger partial charge in [0.1, 0.15) is 6.04 Å². The minimum absolute atomic E-state index is 0.107. The molecule has 0 bridgehead atoms. The Hall–Kier alpha value is -2.09. The lowest BCUT2D eigenvalue weighted by Gasteiger charge is -2.32. The lowest BCUT2D eigenvalue weighted by Crippen LogP contribution is -2.44. The molecule has 1 fully saturated rings. The smallest absolute Gasteiger partial charge is 0.247 e. The van der Waals surface area contributed by atoms with Crippen molar-refractivity contribution in [3.05, 3.63) is 53.1 Å². The zero-order valence-electron chi connectivity index (χ0n) is 14.1. The minimum Gasteiger partial charge on any atom is -0.356 e. The summed E-state index contributed by atoms with van der Waals surface area (Å²) in [6.07, 6.45) is 0.416. The van der Waals surface area contributed by atoms with Gasteiger partial charge in [0.15, 0.2) is 0 Å². The number of amides is 1. The molecule has 8 heteroatoms. The molecule has 4 rings (SSSR count). The Balaban J connectivity index is 1.60. The molecule has 0 aliphatic carbocycles. The highest BCUT2D eigenvalue weighted by Crippen LogP contribution is 2.36. The monoisotopic (exact) mass is 391 g/mol. The lowest BCUT2D eigenvalue weighted by atomic mass is 10.1. The van der Waals surface area contributed by atoms with Crippen LogP contribution in [0.3, 0.4) is 0 Å². The number of sulfonamides is 1. The Morgan fingerprint density at radius 1 is 1.19 bits per heavy atom. The quantitative estimate of drug-likeness (QED) is 0.842. The number of halogens is 1. The fourth-order valence-corrected chi connectivity index (χ4v) is 5.38. The van der Waals surface area contributed by atoms with Crippen molar-refractivity contribution in [3.8, 4) is 0 Å². The molecule has 2 aliphatic rings. The summed E-state index contributed by atoms with van der Waals surface area (Å²) >= 11 is 6.06. The summed E-state index contributed by atoms with van der Waals surface area (Å²) in [5.74, 6) is -0.107. The summed E-state index contributed by atoms with van der Waals surface area (Å²) in [5.41, 5.74) is 2.18. The van der Waals surface area contributed by atoms with Gasteiger partial charge in [0, 0.05) is 17.6 Å². The number of hydrogen-bond donors (Lipinski definition) is 2. The molecule has 0 unspecified atom stereocenters. The molecule has 2 N–H and O–H groups in total. The predicted molar refractivity (Wildman–Crippen MR) is 101 cm³/mol. The van der Waals surface area contributed by atoms with Crippen molar-refractivity contribution >= 4 is 38.9 Å². The first kappa shape index (κ1) is 17.3. The zero-order chi connectivity index (χ0) is 18.5. The average Bonchev–Trinajstić information content (AvgIpc) is 3.01. The Labute approximate surface area is 157 Å². The van der Waals surface area contributed by atoms with Gasteiger partial charge in [0.2, 0.25) is 15.9 Å². The maximum absolute atomic E-state index is 12.8. The first-order chi connectivity index (χ1) is 12.4. The third-order valence-electron chi connectivity index (χ3n) is 4.90. The van der Waals surface area contributed by atoms with E-state index >= 15 is 0 Å². The molecule has 26 heavy (non-hydrogen) atoms. The van der Waals surface area contributed by atoms with Crippen LogP contribution >= 0.6 is 11.6 Å². The van der Waals surface area contributed by atoms with Crippen molar-refractivity contribution in [3.63, 3.8) is 0 Å². The number of anilines is 2. The van der Waals surface area contributed by atoms with Gasteiger partial charge in [0.25, 0.3) is 0 Å². The summed E-state index contributed by atoms with van der Waals surface area (Å²) in [4.78, 5) is 14.5. The van der Waals surface area contributed by atoms with Crippen LogP contribution in [-0.2, 0) is 14.8 Å². The van der Waals surface area contributed by atoms with Crippen molar-refractivity contribution in [1.82, 2.24) is 4.72 Å². The molecule has 0 spiro atoms. The number of benzene rings is 2. The molecule has 1 saturated heterocycles. The van der Waals surface area contributed by atoms with E-state index < -0.39 is 10.0 Å². The van der Waals surface area contributed by atoms with Crippen molar-refractivity contribution < 1.29 is 13.2 Å². The number of carbonyl (C=O) groups excluding carboxylic acids is 1. The van der Waals surface area contributed by atoms with Crippen molar-refractivity contribution in [1.29, 1.82) is 0 Å². The SMILES string of the molecule is Cc1c(Cl)cccc1S(=O)(=O)N[C@H]1C[C@@H]2C(=O)Nc3ccccc3N2C1. The fraction of sp³-hybridized carbons (Fsp3) is 0.278. The first-order valence-corrected chi connectivity index (χ1v) is 10.2. The molecule has 2 aromatic carbocycles. The number of nitrogens with one attached hydrogen (secondary N) is 2. The lowest BCUT2D eigenvalue weighted by molar-refractivity contribution is -0.117. The Bertz CT molecular complexity index is 993. The molecule has 0 saturated carbocycles. The summed E-state index contributed by atoms with van der Waals surface area (Å²) in [5, 5.41) is 3.30. The van der Waals surface area contributed by atoms with Gasteiger partial charge in [-0.15, -0.1) is 0 Å². The van der Waals surface area contributed by atoms with Gasteiger partial charge >= 0.3 is 0 Å². The van der Waals surface area contributed by atoms with E-state index in [4.69, 9.17) is 11.6 Å². The number of fused-ring (bicyclic) bond motifs is 3. The second-order valence-corrected chi connectivity index (χ2v) is 8.68. The van der Waals surface area contributed by atoms with Crippen LogP contribution in [0.25, 0.3) is 0 Å². The second kappa shape index (κ2) is 6.26.